The van der Waals surface area contributed by atoms with E-state index in [9.17, 15) is 13.2 Å². The lowest BCUT2D eigenvalue weighted by atomic mass is 10.1. The van der Waals surface area contributed by atoms with Gasteiger partial charge in [0.25, 0.3) is 0 Å². The van der Waals surface area contributed by atoms with Crippen molar-refractivity contribution in [2.45, 2.75) is 6.36 Å². The zero-order chi connectivity index (χ0) is 24.6. The molecule has 0 aliphatic heterocycles. The van der Waals surface area contributed by atoms with Gasteiger partial charge in [0, 0.05) is 5.56 Å². The van der Waals surface area contributed by atoms with E-state index in [0.717, 1.165) is 5.56 Å². The van der Waals surface area contributed by atoms with Crippen molar-refractivity contribution < 1.29 is 27.4 Å². The van der Waals surface area contributed by atoms with Gasteiger partial charge in [-0.2, -0.15) is 14.7 Å². The molecule has 0 saturated carbocycles. The Morgan fingerprint density at radius 1 is 0.886 bits per heavy atom. The van der Waals surface area contributed by atoms with E-state index in [2.05, 4.69) is 30.1 Å². The molecule has 0 atom stereocenters. The van der Waals surface area contributed by atoms with Crippen LogP contribution in [0.5, 0.6) is 17.2 Å². The number of hydrogen-bond acceptors (Lipinski definition) is 8. The van der Waals surface area contributed by atoms with Crippen LogP contribution in [0.1, 0.15) is 0 Å². The molecule has 0 N–H and O–H groups in total. The summed E-state index contributed by atoms with van der Waals surface area (Å²) in [4.78, 5) is 3.91. The van der Waals surface area contributed by atoms with Crippen molar-refractivity contribution in [1.82, 2.24) is 34.6 Å². The van der Waals surface area contributed by atoms with E-state index in [1.807, 2.05) is 0 Å². The van der Waals surface area contributed by atoms with Crippen molar-refractivity contribution in [2.24, 2.45) is 0 Å². The SMILES string of the molecule is COc1ccc(-c2ccc3nnc(-c4cc(OC(F)(F)F)ccc4-n4cncn4)n3n2)cc1OC. The molecule has 0 bridgehead atoms. The molecule has 0 saturated heterocycles. The van der Waals surface area contributed by atoms with Crippen LogP contribution in [-0.2, 0) is 0 Å². The monoisotopic (exact) mass is 483 g/mol. The summed E-state index contributed by atoms with van der Waals surface area (Å²) in [7, 11) is 3.06. The fourth-order valence-corrected chi connectivity index (χ4v) is 3.53. The molecule has 13 heteroatoms. The minimum atomic E-state index is -4.86. The molecule has 3 aromatic heterocycles. The fourth-order valence-electron chi connectivity index (χ4n) is 3.53. The maximum Gasteiger partial charge on any atom is 0.573 e. The highest BCUT2D eigenvalue weighted by molar-refractivity contribution is 5.72. The summed E-state index contributed by atoms with van der Waals surface area (Å²) in [5.74, 6) is 0.826. The number of ether oxygens (including phenoxy) is 3. The molecule has 0 spiro atoms. The third kappa shape index (κ3) is 4.30. The predicted octanol–water partition coefficient (Wildman–Crippen LogP) is 3.95. The molecule has 0 aliphatic carbocycles. The maximum absolute atomic E-state index is 12.9. The van der Waals surface area contributed by atoms with Crippen molar-refractivity contribution >= 4 is 5.65 Å². The van der Waals surface area contributed by atoms with Crippen LogP contribution >= 0.6 is 0 Å². The summed E-state index contributed by atoms with van der Waals surface area (Å²) < 4.78 is 56.2. The molecule has 0 unspecified atom stereocenters. The van der Waals surface area contributed by atoms with Gasteiger partial charge in [-0.15, -0.1) is 23.4 Å². The second-order valence-corrected chi connectivity index (χ2v) is 7.15. The molecule has 0 amide bonds. The van der Waals surface area contributed by atoms with E-state index < -0.39 is 12.1 Å². The van der Waals surface area contributed by atoms with Gasteiger partial charge in [0.05, 0.1) is 31.2 Å². The summed E-state index contributed by atoms with van der Waals surface area (Å²) in [5.41, 5.74) is 2.31. The second kappa shape index (κ2) is 8.59. The van der Waals surface area contributed by atoms with Gasteiger partial charge in [-0.25, -0.2) is 9.67 Å². The van der Waals surface area contributed by atoms with E-state index in [-0.39, 0.29) is 11.4 Å². The van der Waals surface area contributed by atoms with Gasteiger partial charge in [0.1, 0.15) is 18.4 Å². The molecule has 2 aromatic carbocycles. The average Bonchev–Trinajstić information content (AvgIpc) is 3.52. The number of nitrogens with zero attached hydrogens (tertiary/aromatic N) is 7. The second-order valence-electron chi connectivity index (χ2n) is 7.15. The summed E-state index contributed by atoms with van der Waals surface area (Å²) >= 11 is 0. The molecule has 178 valence electrons. The Hall–Kier alpha value is -4.68. The number of aromatic nitrogens is 7. The average molecular weight is 483 g/mol. The summed E-state index contributed by atoms with van der Waals surface area (Å²) in [6, 6.07) is 12.6. The predicted molar refractivity (Wildman–Crippen MR) is 116 cm³/mol. The van der Waals surface area contributed by atoms with Crippen molar-refractivity contribution in [3.05, 3.63) is 61.2 Å². The van der Waals surface area contributed by atoms with Gasteiger partial charge in [0.15, 0.2) is 23.0 Å². The highest BCUT2D eigenvalue weighted by Gasteiger charge is 2.31. The lowest BCUT2D eigenvalue weighted by Gasteiger charge is -2.13. The van der Waals surface area contributed by atoms with E-state index in [1.54, 1.807) is 30.3 Å². The Bertz CT molecular complexity index is 1500. The van der Waals surface area contributed by atoms with Crippen molar-refractivity contribution in [2.75, 3.05) is 14.2 Å². The van der Waals surface area contributed by atoms with Crippen LogP contribution in [0.25, 0.3) is 34.0 Å². The van der Waals surface area contributed by atoms with Crippen molar-refractivity contribution in [3.63, 3.8) is 0 Å². The first-order valence-electron chi connectivity index (χ1n) is 10.1. The van der Waals surface area contributed by atoms with E-state index in [4.69, 9.17) is 9.47 Å². The highest BCUT2D eigenvalue weighted by Crippen LogP contribution is 2.34. The largest absolute Gasteiger partial charge is 0.573 e. The van der Waals surface area contributed by atoms with Crippen LogP contribution in [0, 0.1) is 0 Å². The van der Waals surface area contributed by atoms with Crippen LogP contribution in [0.4, 0.5) is 13.2 Å². The minimum Gasteiger partial charge on any atom is -0.493 e. The standard InChI is InChI=1S/C22H16F3N7O3/c1-33-18-7-3-13(9-19(18)34-2)16-5-8-20-28-29-21(32(20)30-16)15-10-14(35-22(23,24)25)4-6-17(15)31-12-26-11-27-31/h3-12H,1-2H3. The number of benzene rings is 2. The Morgan fingerprint density at radius 2 is 1.71 bits per heavy atom. The Morgan fingerprint density at radius 3 is 2.43 bits per heavy atom. The number of alkyl halides is 3. The summed E-state index contributed by atoms with van der Waals surface area (Å²) in [6.45, 7) is 0. The molecule has 0 radical (unpaired) electrons. The minimum absolute atomic E-state index is 0.181. The van der Waals surface area contributed by atoms with Crippen LogP contribution in [0.2, 0.25) is 0 Å². The van der Waals surface area contributed by atoms with E-state index in [0.29, 0.717) is 28.5 Å². The molecule has 3 heterocycles. The molecule has 10 nitrogen and oxygen atoms in total. The zero-order valence-electron chi connectivity index (χ0n) is 18.3. The van der Waals surface area contributed by atoms with Crippen LogP contribution in [0.15, 0.2) is 61.2 Å². The third-order valence-corrected chi connectivity index (χ3v) is 5.05. The molecule has 0 fully saturated rings. The maximum atomic E-state index is 12.9. The van der Waals surface area contributed by atoms with Crippen LogP contribution in [-0.4, -0.2) is 55.2 Å². The van der Waals surface area contributed by atoms with Gasteiger partial charge < -0.3 is 14.2 Å². The molecule has 5 rings (SSSR count). The van der Waals surface area contributed by atoms with Gasteiger partial charge in [-0.05, 0) is 48.5 Å². The first-order chi connectivity index (χ1) is 16.9. The van der Waals surface area contributed by atoms with Crippen molar-refractivity contribution in [3.8, 4) is 45.6 Å². The normalized spacial score (nSPS) is 11.6. The van der Waals surface area contributed by atoms with Gasteiger partial charge >= 0.3 is 6.36 Å². The molecular weight excluding hydrogens is 467 g/mol. The molecule has 35 heavy (non-hydrogen) atoms. The van der Waals surface area contributed by atoms with Gasteiger partial charge in [0.2, 0.25) is 0 Å². The zero-order valence-corrected chi connectivity index (χ0v) is 18.3. The number of fused-ring (bicyclic) bond motifs is 1. The van der Waals surface area contributed by atoms with E-state index in [1.165, 1.54) is 54.3 Å². The number of rotatable bonds is 6. The number of halogens is 3. The number of methoxy groups -OCH3 is 2. The molecule has 0 aliphatic rings. The molecule has 5 aromatic rings. The summed E-state index contributed by atoms with van der Waals surface area (Å²) in [5, 5.41) is 17.0. The third-order valence-electron chi connectivity index (χ3n) is 5.05. The highest BCUT2D eigenvalue weighted by atomic mass is 19.4. The van der Waals surface area contributed by atoms with E-state index >= 15 is 0 Å². The quantitative estimate of drug-likeness (QED) is 0.358. The smallest absolute Gasteiger partial charge is 0.493 e. The van der Waals surface area contributed by atoms with Gasteiger partial charge in [-0.1, -0.05) is 0 Å². The Labute approximate surface area is 195 Å². The Kier molecular flexibility index (Phi) is 5.43. The topological polar surface area (TPSA) is 101 Å². The van der Waals surface area contributed by atoms with Crippen LogP contribution < -0.4 is 14.2 Å². The van der Waals surface area contributed by atoms with Crippen molar-refractivity contribution in [1.29, 1.82) is 0 Å². The Balaban J connectivity index is 1.67. The first-order valence-corrected chi connectivity index (χ1v) is 10.1. The van der Waals surface area contributed by atoms with Gasteiger partial charge in [-0.3, -0.25) is 0 Å². The fraction of sp³-hybridized carbons (Fsp3) is 0.136. The number of hydrogen-bond donors (Lipinski definition) is 0. The lowest BCUT2D eigenvalue weighted by Crippen LogP contribution is -2.17. The molecular formula is C22H16F3N7O3. The lowest BCUT2D eigenvalue weighted by molar-refractivity contribution is -0.274. The summed E-state index contributed by atoms with van der Waals surface area (Å²) in [6.07, 6.45) is -2.15. The first kappa shape index (κ1) is 22.1. The van der Waals surface area contributed by atoms with Crippen LogP contribution in [0.3, 0.4) is 0 Å².